The van der Waals surface area contributed by atoms with Gasteiger partial charge in [-0.25, -0.2) is 0 Å². The summed E-state index contributed by atoms with van der Waals surface area (Å²) in [5.74, 6) is -0.0537. The molecule has 2 rings (SSSR count). The first-order valence-electron chi connectivity index (χ1n) is 5.13. The van der Waals surface area contributed by atoms with Gasteiger partial charge < -0.3 is 15.4 Å². The molecule has 1 aromatic rings. The first-order chi connectivity index (χ1) is 7.75. The zero-order valence-corrected chi connectivity index (χ0v) is 10.3. The first-order valence-corrected chi connectivity index (χ1v) is 5.92. The van der Waals surface area contributed by atoms with Gasteiger partial charge in [-0.2, -0.15) is 0 Å². The number of rotatable bonds is 2. The lowest BCUT2D eigenvalue weighted by molar-refractivity contribution is -0.120. The number of amides is 1. The fraction of sp³-hybridized carbons (Fsp3) is 0.364. The van der Waals surface area contributed by atoms with E-state index in [2.05, 4.69) is 26.6 Å². The molecule has 1 amide bonds. The van der Waals surface area contributed by atoms with Gasteiger partial charge in [0.1, 0.15) is 6.04 Å². The van der Waals surface area contributed by atoms with Gasteiger partial charge in [0.15, 0.2) is 0 Å². The number of nitrogens with one attached hydrogen (secondary N) is 2. The van der Waals surface area contributed by atoms with Crippen molar-refractivity contribution < 1.29 is 9.53 Å². The normalized spacial score (nSPS) is 20.4. The second kappa shape index (κ2) is 5.43. The fourth-order valence-corrected chi connectivity index (χ4v) is 1.76. The maximum Gasteiger partial charge on any atom is 0.243 e. The molecule has 1 aliphatic rings. The lowest BCUT2D eigenvalue weighted by Crippen LogP contribution is -2.48. The number of carbonyl (C=O) groups is 1. The third-order valence-corrected chi connectivity index (χ3v) is 2.88. The average molecular weight is 285 g/mol. The van der Waals surface area contributed by atoms with Crippen LogP contribution in [-0.2, 0) is 9.53 Å². The molecule has 1 unspecified atom stereocenters. The maximum atomic E-state index is 11.8. The highest BCUT2D eigenvalue weighted by Crippen LogP contribution is 2.14. The molecule has 1 saturated heterocycles. The molecule has 1 aromatic carbocycles. The van der Waals surface area contributed by atoms with Gasteiger partial charge in [-0.05, 0) is 24.3 Å². The Balaban J connectivity index is 1.93. The summed E-state index contributed by atoms with van der Waals surface area (Å²) in [5.41, 5.74) is 0.792. The van der Waals surface area contributed by atoms with Crippen LogP contribution in [0.4, 0.5) is 5.69 Å². The van der Waals surface area contributed by atoms with Crippen LogP contribution in [-0.4, -0.2) is 31.7 Å². The van der Waals surface area contributed by atoms with Crippen molar-refractivity contribution in [1.82, 2.24) is 5.32 Å². The largest absolute Gasteiger partial charge is 0.378 e. The summed E-state index contributed by atoms with van der Waals surface area (Å²) < 4.78 is 6.22. The zero-order chi connectivity index (χ0) is 11.4. The van der Waals surface area contributed by atoms with E-state index >= 15 is 0 Å². The smallest absolute Gasteiger partial charge is 0.243 e. The van der Waals surface area contributed by atoms with Crippen LogP contribution < -0.4 is 10.6 Å². The van der Waals surface area contributed by atoms with Gasteiger partial charge in [0, 0.05) is 16.7 Å². The van der Waals surface area contributed by atoms with Crippen LogP contribution >= 0.6 is 15.9 Å². The first kappa shape index (κ1) is 11.6. The van der Waals surface area contributed by atoms with Crippen LogP contribution in [0.2, 0.25) is 0 Å². The minimum Gasteiger partial charge on any atom is -0.378 e. The van der Waals surface area contributed by atoms with E-state index in [0.717, 1.165) is 16.7 Å². The van der Waals surface area contributed by atoms with E-state index in [1.165, 1.54) is 0 Å². The quantitative estimate of drug-likeness (QED) is 0.863. The molecule has 0 bridgehead atoms. The second-order valence-corrected chi connectivity index (χ2v) is 4.49. The van der Waals surface area contributed by atoms with E-state index in [-0.39, 0.29) is 11.9 Å². The molecule has 0 aromatic heterocycles. The van der Waals surface area contributed by atoms with Crippen LogP contribution in [0.3, 0.4) is 0 Å². The highest BCUT2D eigenvalue weighted by atomic mass is 79.9. The lowest BCUT2D eigenvalue weighted by atomic mass is 10.2. The van der Waals surface area contributed by atoms with Gasteiger partial charge in [0.2, 0.25) is 5.91 Å². The number of ether oxygens (including phenoxy) is 1. The molecule has 16 heavy (non-hydrogen) atoms. The molecule has 0 saturated carbocycles. The van der Waals surface area contributed by atoms with E-state index in [0.29, 0.717) is 13.2 Å². The molecule has 4 nitrogen and oxygen atoms in total. The molecule has 1 fully saturated rings. The number of benzene rings is 1. The number of carbonyl (C=O) groups excluding carboxylic acids is 1. The van der Waals surface area contributed by atoms with Gasteiger partial charge in [-0.1, -0.05) is 15.9 Å². The van der Waals surface area contributed by atoms with Gasteiger partial charge in [0.25, 0.3) is 0 Å². The predicted octanol–water partition coefficient (Wildman–Crippen LogP) is 1.38. The Morgan fingerprint density at radius 1 is 1.44 bits per heavy atom. The molecular weight excluding hydrogens is 272 g/mol. The Labute approximate surface area is 102 Å². The molecule has 0 spiro atoms. The van der Waals surface area contributed by atoms with E-state index in [1.807, 2.05) is 24.3 Å². The van der Waals surface area contributed by atoms with Crippen molar-refractivity contribution >= 4 is 27.5 Å². The summed E-state index contributed by atoms with van der Waals surface area (Å²) in [5, 5.41) is 5.94. The summed E-state index contributed by atoms with van der Waals surface area (Å²) in [6, 6.07) is 7.23. The summed E-state index contributed by atoms with van der Waals surface area (Å²) in [6.07, 6.45) is 0. The van der Waals surface area contributed by atoms with Crippen molar-refractivity contribution in [2.24, 2.45) is 0 Å². The molecule has 1 heterocycles. The second-order valence-electron chi connectivity index (χ2n) is 3.58. The van der Waals surface area contributed by atoms with Crippen molar-refractivity contribution in [2.45, 2.75) is 6.04 Å². The molecule has 0 aliphatic carbocycles. The third kappa shape index (κ3) is 3.04. The number of halogens is 1. The van der Waals surface area contributed by atoms with Crippen molar-refractivity contribution in [3.63, 3.8) is 0 Å². The van der Waals surface area contributed by atoms with Crippen molar-refractivity contribution in [2.75, 3.05) is 25.1 Å². The van der Waals surface area contributed by atoms with Gasteiger partial charge in [-0.3, -0.25) is 4.79 Å². The average Bonchev–Trinajstić information content (AvgIpc) is 2.33. The highest BCUT2D eigenvalue weighted by Gasteiger charge is 2.20. The lowest BCUT2D eigenvalue weighted by Gasteiger charge is -2.22. The summed E-state index contributed by atoms with van der Waals surface area (Å²) in [4.78, 5) is 11.8. The van der Waals surface area contributed by atoms with Crippen molar-refractivity contribution in [3.8, 4) is 0 Å². The molecular formula is C11H13BrN2O2. The molecule has 2 N–H and O–H groups in total. The maximum absolute atomic E-state index is 11.8. The van der Waals surface area contributed by atoms with E-state index in [4.69, 9.17) is 4.74 Å². The van der Waals surface area contributed by atoms with Gasteiger partial charge in [0.05, 0.1) is 13.2 Å². The highest BCUT2D eigenvalue weighted by molar-refractivity contribution is 9.10. The molecule has 86 valence electrons. The molecule has 5 heteroatoms. The van der Waals surface area contributed by atoms with Crippen LogP contribution in [0.1, 0.15) is 0 Å². The summed E-state index contributed by atoms with van der Waals surface area (Å²) >= 11 is 3.34. The Morgan fingerprint density at radius 2 is 2.19 bits per heavy atom. The van der Waals surface area contributed by atoms with Crippen LogP contribution in [0, 0.1) is 0 Å². The number of hydrogen-bond acceptors (Lipinski definition) is 3. The SMILES string of the molecule is O=C(Nc1ccc(Br)cc1)C1COCCN1. The van der Waals surface area contributed by atoms with Gasteiger partial charge in [-0.15, -0.1) is 0 Å². The Kier molecular flexibility index (Phi) is 3.93. The number of hydrogen-bond donors (Lipinski definition) is 2. The third-order valence-electron chi connectivity index (χ3n) is 2.35. The Bertz CT molecular complexity index is 361. The topological polar surface area (TPSA) is 50.4 Å². The van der Waals surface area contributed by atoms with E-state index in [9.17, 15) is 4.79 Å². The minimum absolute atomic E-state index is 0.0537. The summed E-state index contributed by atoms with van der Waals surface area (Å²) in [7, 11) is 0. The van der Waals surface area contributed by atoms with Crippen LogP contribution in [0.25, 0.3) is 0 Å². The van der Waals surface area contributed by atoms with Crippen molar-refractivity contribution in [3.05, 3.63) is 28.7 Å². The van der Waals surface area contributed by atoms with E-state index < -0.39 is 0 Å². The Hall–Kier alpha value is -0.910. The Morgan fingerprint density at radius 3 is 2.81 bits per heavy atom. The summed E-state index contributed by atoms with van der Waals surface area (Å²) in [6.45, 7) is 1.82. The van der Waals surface area contributed by atoms with Crippen molar-refractivity contribution in [1.29, 1.82) is 0 Å². The fourth-order valence-electron chi connectivity index (χ4n) is 1.50. The standard InChI is InChI=1S/C11H13BrN2O2/c12-8-1-3-9(4-2-8)14-11(15)10-7-16-6-5-13-10/h1-4,10,13H,5-7H2,(H,14,15). The van der Waals surface area contributed by atoms with Crippen LogP contribution in [0.15, 0.2) is 28.7 Å². The minimum atomic E-state index is -0.252. The van der Waals surface area contributed by atoms with Gasteiger partial charge >= 0.3 is 0 Å². The predicted molar refractivity (Wildman–Crippen MR) is 65.4 cm³/mol. The molecule has 0 radical (unpaired) electrons. The van der Waals surface area contributed by atoms with E-state index in [1.54, 1.807) is 0 Å². The molecule has 1 aliphatic heterocycles. The molecule has 1 atom stereocenters. The zero-order valence-electron chi connectivity index (χ0n) is 8.70. The number of anilines is 1. The van der Waals surface area contributed by atoms with Crippen LogP contribution in [0.5, 0.6) is 0 Å². The monoisotopic (exact) mass is 284 g/mol. The number of morpholine rings is 1.